The van der Waals surface area contributed by atoms with E-state index >= 15 is 0 Å². The maximum absolute atomic E-state index is 11.8. The normalized spacial score (nSPS) is 29.7. The number of sulfonamides is 1. The second-order valence-electron chi connectivity index (χ2n) is 4.52. The van der Waals surface area contributed by atoms with Crippen LogP contribution in [-0.2, 0) is 10.0 Å². The first-order valence-corrected chi connectivity index (χ1v) is 7.41. The van der Waals surface area contributed by atoms with Gasteiger partial charge in [0, 0.05) is 12.6 Å². The van der Waals surface area contributed by atoms with Crippen LogP contribution in [0.25, 0.3) is 0 Å². The van der Waals surface area contributed by atoms with E-state index in [-0.39, 0.29) is 12.6 Å². The molecule has 0 saturated heterocycles. The van der Waals surface area contributed by atoms with Gasteiger partial charge in [0.1, 0.15) is 0 Å². The van der Waals surface area contributed by atoms with Crippen LogP contribution < -0.4 is 10.5 Å². The first-order valence-electron chi connectivity index (χ1n) is 5.86. The number of aliphatic hydroxyl groups is 1. The Kier molecular flexibility index (Phi) is 5.17. The summed E-state index contributed by atoms with van der Waals surface area (Å²) >= 11 is 0. The average Bonchev–Trinajstić information content (AvgIpc) is 2.43. The van der Waals surface area contributed by atoms with E-state index in [1.165, 1.54) is 0 Å². The molecule has 1 saturated carbocycles. The molecule has 6 heteroatoms. The summed E-state index contributed by atoms with van der Waals surface area (Å²) < 4.78 is 26.1. The van der Waals surface area contributed by atoms with Crippen LogP contribution in [0.1, 0.15) is 39.0 Å². The fourth-order valence-corrected chi connectivity index (χ4v) is 3.06. The summed E-state index contributed by atoms with van der Waals surface area (Å²) in [4.78, 5) is 0. The van der Waals surface area contributed by atoms with Crippen molar-refractivity contribution in [1.82, 2.24) is 4.72 Å². The van der Waals surface area contributed by atoms with Crippen molar-refractivity contribution in [3.05, 3.63) is 0 Å². The van der Waals surface area contributed by atoms with Crippen molar-refractivity contribution in [2.75, 3.05) is 6.54 Å². The van der Waals surface area contributed by atoms with Crippen molar-refractivity contribution >= 4 is 10.0 Å². The molecule has 0 aromatic rings. The van der Waals surface area contributed by atoms with Crippen LogP contribution >= 0.6 is 0 Å². The molecule has 1 aliphatic rings. The minimum absolute atomic E-state index is 0.0954. The third kappa shape index (κ3) is 3.69. The van der Waals surface area contributed by atoms with Gasteiger partial charge in [-0.1, -0.05) is 19.3 Å². The van der Waals surface area contributed by atoms with Crippen LogP contribution in [0, 0.1) is 0 Å². The van der Waals surface area contributed by atoms with Gasteiger partial charge in [0.25, 0.3) is 0 Å². The monoisotopic (exact) mass is 250 g/mol. The Morgan fingerprint density at radius 2 is 2.00 bits per heavy atom. The summed E-state index contributed by atoms with van der Waals surface area (Å²) in [7, 11) is -3.39. The lowest BCUT2D eigenvalue weighted by Gasteiger charge is -2.23. The van der Waals surface area contributed by atoms with Crippen molar-refractivity contribution < 1.29 is 13.5 Å². The largest absolute Gasteiger partial charge is 0.391 e. The molecule has 3 unspecified atom stereocenters. The molecule has 1 rings (SSSR count). The van der Waals surface area contributed by atoms with Gasteiger partial charge < -0.3 is 10.8 Å². The molecule has 3 atom stereocenters. The molecule has 0 radical (unpaired) electrons. The van der Waals surface area contributed by atoms with Crippen molar-refractivity contribution in [3.63, 3.8) is 0 Å². The van der Waals surface area contributed by atoms with E-state index in [1.807, 2.05) is 0 Å². The zero-order chi connectivity index (χ0) is 12.2. The molecular weight excluding hydrogens is 228 g/mol. The molecule has 1 aliphatic carbocycles. The Bertz CT molecular complexity index is 305. The van der Waals surface area contributed by atoms with Gasteiger partial charge >= 0.3 is 0 Å². The number of hydrogen-bond acceptors (Lipinski definition) is 4. The summed E-state index contributed by atoms with van der Waals surface area (Å²) in [6.07, 6.45) is 3.79. The van der Waals surface area contributed by atoms with E-state index in [1.54, 1.807) is 6.92 Å². The summed E-state index contributed by atoms with van der Waals surface area (Å²) in [5.41, 5.74) is 5.35. The smallest absolute Gasteiger partial charge is 0.215 e. The van der Waals surface area contributed by atoms with Crippen LogP contribution in [0.2, 0.25) is 0 Å². The Balaban J connectivity index is 2.64. The van der Waals surface area contributed by atoms with E-state index < -0.39 is 21.4 Å². The summed E-state index contributed by atoms with van der Waals surface area (Å²) in [5, 5.41) is 9.20. The van der Waals surface area contributed by atoms with Gasteiger partial charge in [0.2, 0.25) is 10.0 Å². The predicted octanol–water partition coefficient (Wildman–Crippen LogP) is -0.0534. The zero-order valence-electron chi connectivity index (χ0n) is 9.72. The van der Waals surface area contributed by atoms with Gasteiger partial charge in [-0.3, -0.25) is 0 Å². The maximum Gasteiger partial charge on any atom is 0.215 e. The highest BCUT2D eigenvalue weighted by Gasteiger charge is 2.28. The van der Waals surface area contributed by atoms with Gasteiger partial charge in [-0.2, -0.15) is 0 Å². The molecule has 0 bridgehead atoms. The van der Waals surface area contributed by atoms with Crippen LogP contribution in [0.4, 0.5) is 0 Å². The molecule has 5 nitrogen and oxygen atoms in total. The Morgan fingerprint density at radius 1 is 1.38 bits per heavy atom. The van der Waals surface area contributed by atoms with Crippen molar-refractivity contribution in [3.8, 4) is 0 Å². The van der Waals surface area contributed by atoms with E-state index in [2.05, 4.69) is 4.72 Å². The molecule has 0 amide bonds. The highest BCUT2D eigenvalue weighted by atomic mass is 32.2. The summed E-state index contributed by atoms with van der Waals surface area (Å²) in [6.45, 7) is 1.67. The van der Waals surface area contributed by atoms with Gasteiger partial charge in [0.15, 0.2) is 0 Å². The zero-order valence-corrected chi connectivity index (χ0v) is 10.5. The molecule has 0 spiro atoms. The Morgan fingerprint density at radius 3 is 2.62 bits per heavy atom. The number of rotatable bonds is 4. The molecule has 1 fully saturated rings. The number of aliphatic hydroxyl groups excluding tert-OH is 1. The summed E-state index contributed by atoms with van der Waals surface area (Å²) in [5.74, 6) is 0. The van der Waals surface area contributed by atoms with Crippen molar-refractivity contribution in [1.29, 1.82) is 0 Å². The first kappa shape index (κ1) is 13.9. The number of hydrogen-bond donors (Lipinski definition) is 3. The molecule has 16 heavy (non-hydrogen) atoms. The molecule has 4 N–H and O–H groups in total. The molecular formula is C10H22N2O3S. The highest BCUT2D eigenvalue weighted by molar-refractivity contribution is 7.90. The van der Waals surface area contributed by atoms with E-state index in [9.17, 15) is 13.5 Å². The lowest BCUT2D eigenvalue weighted by Crippen LogP contribution is -2.47. The first-order chi connectivity index (χ1) is 7.47. The third-order valence-electron chi connectivity index (χ3n) is 3.16. The van der Waals surface area contributed by atoms with Gasteiger partial charge in [-0.05, 0) is 19.8 Å². The average molecular weight is 250 g/mol. The fourth-order valence-electron chi connectivity index (χ4n) is 1.88. The second-order valence-corrected chi connectivity index (χ2v) is 6.65. The third-order valence-corrected chi connectivity index (χ3v) is 5.04. The van der Waals surface area contributed by atoms with Gasteiger partial charge in [0.05, 0.1) is 11.4 Å². The van der Waals surface area contributed by atoms with Crippen LogP contribution in [0.3, 0.4) is 0 Å². The molecule has 0 aromatic heterocycles. The van der Waals surface area contributed by atoms with Crippen LogP contribution in [0.5, 0.6) is 0 Å². The SMILES string of the molecule is CC(CN)S(=O)(=O)NC1CCCCCC1O. The quantitative estimate of drug-likeness (QED) is 0.610. The summed E-state index contributed by atoms with van der Waals surface area (Å²) in [6, 6.07) is -0.346. The minimum Gasteiger partial charge on any atom is -0.391 e. The standard InChI is InChI=1S/C10H22N2O3S/c1-8(7-11)16(14,15)12-9-5-3-2-4-6-10(9)13/h8-10,12-13H,2-7,11H2,1H3. The minimum atomic E-state index is -3.39. The Labute approximate surface area is 97.5 Å². The fraction of sp³-hybridized carbons (Fsp3) is 1.00. The lowest BCUT2D eigenvalue weighted by molar-refractivity contribution is 0.130. The van der Waals surface area contributed by atoms with Crippen LogP contribution in [-0.4, -0.2) is 37.5 Å². The van der Waals surface area contributed by atoms with E-state index in [0.29, 0.717) is 12.8 Å². The molecule has 0 aromatic carbocycles. The van der Waals surface area contributed by atoms with Gasteiger partial charge in [-0.25, -0.2) is 13.1 Å². The number of nitrogens with one attached hydrogen (secondary N) is 1. The maximum atomic E-state index is 11.8. The van der Waals surface area contributed by atoms with Gasteiger partial charge in [-0.15, -0.1) is 0 Å². The lowest BCUT2D eigenvalue weighted by atomic mass is 10.1. The highest BCUT2D eigenvalue weighted by Crippen LogP contribution is 2.19. The molecule has 0 heterocycles. The Hall–Kier alpha value is -0.170. The molecule has 0 aliphatic heterocycles. The van der Waals surface area contributed by atoms with E-state index in [4.69, 9.17) is 5.73 Å². The number of nitrogens with two attached hydrogens (primary N) is 1. The topological polar surface area (TPSA) is 92.4 Å². The molecule has 96 valence electrons. The van der Waals surface area contributed by atoms with E-state index in [0.717, 1.165) is 19.3 Å². The predicted molar refractivity (Wildman–Crippen MR) is 63.5 cm³/mol. The van der Waals surface area contributed by atoms with Crippen molar-refractivity contribution in [2.24, 2.45) is 5.73 Å². The van der Waals surface area contributed by atoms with Crippen molar-refractivity contribution in [2.45, 2.75) is 56.4 Å². The van der Waals surface area contributed by atoms with Crippen LogP contribution in [0.15, 0.2) is 0 Å². The second kappa shape index (κ2) is 5.95.